The van der Waals surface area contributed by atoms with E-state index in [-0.39, 0.29) is 10.8 Å². The molecule has 0 aliphatic heterocycles. The van der Waals surface area contributed by atoms with Crippen LogP contribution in [0.1, 0.15) is 37.3 Å². The first kappa shape index (κ1) is 15.1. The van der Waals surface area contributed by atoms with Crippen molar-refractivity contribution in [2.75, 3.05) is 13.6 Å². The van der Waals surface area contributed by atoms with Crippen LogP contribution in [0.15, 0.2) is 18.2 Å². The standard InChI is InChI=1S/C14H21FN2S/c1-3-4-5-8-17(2)10-11-6-7-13(15)12(9-11)14(16)18/h6-7,9H,3-5,8,10H2,1-2H3,(H2,16,18). The molecule has 18 heavy (non-hydrogen) atoms. The van der Waals surface area contributed by atoms with Gasteiger partial charge in [-0.05, 0) is 37.7 Å². The fraction of sp³-hybridized carbons (Fsp3) is 0.500. The lowest BCUT2D eigenvalue weighted by Gasteiger charge is -2.17. The molecule has 0 aliphatic rings. The molecule has 4 heteroatoms. The third-order valence-corrected chi connectivity index (χ3v) is 3.11. The second-order valence-electron chi connectivity index (χ2n) is 4.62. The van der Waals surface area contributed by atoms with Crippen molar-refractivity contribution in [3.8, 4) is 0 Å². The topological polar surface area (TPSA) is 29.3 Å². The van der Waals surface area contributed by atoms with Gasteiger partial charge in [-0.15, -0.1) is 0 Å². The third kappa shape index (κ3) is 4.70. The van der Waals surface area contributed by atoms with Crippen LogP contribution in [-0.2, 0) is 6.54 Å². The zero-order valence-electron chi connectivity index (χ0n) is 11.1. The van der Waals surface area contributed by atoms with E-state index in [4.69, 9.17) is 18.0 Å². The Morgan fingerprint density at radius 2 is 2.11 bits per heavy atom. The molecule has 100 valence electrons. The zero-order chi connectivity index (χ0) is 13.5. The van der Waals surface area contributed by atoms with E-state index < -0.39 is 0 Å². The van der Waals surface area contributed by atoms with E-state index in [2.05, 4.69) is 18.9 Å². The van der Waals surface area contributed by atoms with E-state index in [1.807, 2.05) is 0 Å². The van der Waals surface area contributed by atoms with Gasteiger partial charge in [0, 0.05) is 12.1 Å². The molecule has 0 amide bonds. The van der Waals surface area contributed by atoms with Crippen molar-refractivity contribution in [1.82, 2.24) is 4.90 Å². The SMILES string of the molecule is CCCCCN(C)Cc1ccc(F)c(C(N)=S)c1. The van der Waals surface area contributed by atoms with Gasteiger partial charge in [0.05, 0.1) is 0 Å². The van der Waals surface area contributed by atoms with Gasteiger partial charge in [-0.25, -0.2) is 4.39 Å². The van der Waals surface area contributed by atoms with Crippen molar-refractivity contribution in [2.24, 2.45) is 5.73 Å². The summed E-state index contributed by atoms with van der Waals surface area (Å²) in [5.74, 6) is -0.347. The monoisotopic (exact) mass is 268 g/mol. The highest BCUT2D eigenvalue weighted by Gasteiger charge is 2.07. The minimum atomic E-state index is -0.347. The molecule has 0 fully saturated rings. The average molecular weight is 268 g/mol. The molecule has 0 bridgehead atoms. The second-order valence-corrected chi connectivity index (χ2v) is 5.06. The van der Waals surface area contributed by atoms with Gasteiger partial charge >= 0.3 is 0 Å². The summed E-state index contributed by atoms with van der Waals surface area (Å²) >= 11 is 4.83. The number of hydrogen-bond donors (Lipinski definition) is 1. The van der Waals surface area contributed by atoms with Gasteiger partial charge in [0.2, 0.25) is 0 Å². The fourth-order valence-electron chi connectivity index (χ4n) is 1.88. The van der Waals surface area contributed by atoms with E-state index in [9.17, 15) is 4.39 Å². The molecule has 0 radical (unpaired) electrons. The molecule has 2 N–H and O–H groups in total. The number of rotatable bonds is 7. The van der Waals surface area contributed by atoms with Crippen molar-refractivity contribution in [3.05, 3.63) is 35.1 Å². The molecule has 0 saturated heterocycles. The summed E-state index contributed by atoms with van der Waals surface area (Å²) in [4.78, 5) is 2.34. The highest BCUT2D eigenvalue weighted by Crippen LogP contribution is 2.12. The van der Waals surface area contributed by atoms with Gasteiger partial charge in [0.25, 0.3) is 0 Å². The lowest BCUT2D eigenvalue weighted by molar-refractivity contribution is 0.318. The Morgan fingerprint density at radius 1 is 1.39 bits per heavy atom. The summed E-state index contributed by atoms with van der Waals surface area (Å²) in [5, 5.41) is 0. The molecule has 0 saturated carbocycles. The first-order valence-corrected chi connectivity index (χ1v) is 6.72. The summed E-state index contributed by atoms with van der Waals surface area (Å²) < 4.78 is 13.4. The summed E-state index contributed by atoms with van der Waals surface area (Å²) in [6.07, 6.45) is 3.65. The normalized spacial score (nSPS) is 10.9. The number of nitrogens with two attached hydrogens (primary N) is 1. The van der Waals surface area contributed by atoms with E-state index in [1.54, 1.807) is 12.1 Å². The van der Waals surface area contributed by atoms with Crippen LogP contribution in [0.3, 0.4) is 0 Å². The average Bonchev–Trinajstić information content (AvgIpc) is 2.31. The Hall–Kier alpha value is -1.00. The van der Waals surface area contributed by atoms with Gasteiger partial charge in [-0.3, -0.25) is 0 Å². The van der Waals surface area contributed by atoms with Gasteiger partial charge in [0.15, 0.2) is 0 Å². The Labute approximate surface area is 114 Å². The molecule has 0 aliphatic carbocycles. The first-order chi connectivity index (χ1) is 8.54. The summed E-state index contributed by atoms with van der Waals surface area (Å²) in [6.45, 7) is 4.03. The Bertz CT molecular complexity index is 407. The maximum Gasteiger partial charge on any atom is 0.133 e. The molecular formula is C14H21FN2S. The van der Waals surface area contributed by atoms with Crippen LogP contribution in [0.5, 0.6) is 0 Å². The molecule has 0 aromatic heterocycles. The van der Waals surface area contributed by atoms with E-state index in [0.29, 0.717) is 5.56 Å². The molecule has 1 rings (SSSR count). The van der Waals surface area contributed by atoms with Crippen LogP contribution in [-0.4, -0.2) is 23.5 Å². The molecule has 0 heterocycles. The van der Waals surface area contributed by atoms with Crippen LogP contribution in [0.2, 0.25) is 0 Å². The highest BCUT2D eigenvalue weighted by atomic mass is 32.1. The van der Waals surface area contributed by atoms with Gasteiger partial charge in [-0.2, -0.15) is 0 Å². The largest absolute Gasteiger partial charge is 0.389 e. The van der Waals surface area contributed by atoms with Gasteiger partial charge < -0.3 is 10.6 Å². The molecule has 0 spiro atoms. The maximum atomic E-state index is 13.4. The lowest BCUT2D eigenvalue weighted by atomic mass is 10.1. The second kappa shape index (κ2) is 7.44. The van der Waals surface area contributed by atoms with Crippen molar-refractivity contribution in [3.63, 3.8) is 0 Å². The summed E-state index contributed by atoms with van der Waals surface area (Å²) in [7, 11) is 2.07. The predicted molar refractivity (Wildman–Crippen MR) is 78.1 cm³/mol. The zero-order valence-corrected chi connectivity index (χ0v) is 11.9. The highest BCUT2D eigenvalue weighted by molar-refractivity contribution is 7.80. The fourth-order valence-corrected chi connectivity index (χ4v) is 2.04. The summed E-state index contributed by atoms with van der Waals surface area (Å²) in [6, 6.07) is 4.96. The van der Waals surface area contributed by atoms with Crippen molar-refractivity contribution < 1.29 is 4.39 Å². The Balaban J connectivity index is 2.62. The molecular weight excluding hydrogens is 247 g/mol. The number of benzene rings is 1. The first-order valence-electron chi connectivity index (χ1n) is 6.31. The van der Waals surface area contributed by atoms with Gasteiger partial charge in [0.1, 0.15) is 10.8 Å². The minimum absolute atomic E-state index is 0.114. The van der Waals surface area contributed by atoms with Crippen LogP contribution < -0.4 is 5.73 Å². The maximum absolute atomic E-state index is 13.4. The molecule has 1 aromatic rings. The van der Waals surface area contributed by atoms with E-state index in [0.717, 1.165) is 18.7 Å². The van der Waals surface area contributed by atoms with Crippen molar-refractivity contribution >= 4 is 17.2 Å². The number of unbranched alkanes of at least 4 members (excludes halogenated alkanes) is 2. The number of halogens is 1. The van der Waals surface area contributed by atoms with Crippen LogP contribution in [0.25, 0.3) is 0 Å². The predicted octanol–water partition coefficient (Wildman–Crippen LogP) is 3.08. The number of nitrogens with zero attached hydrogens (tertiary/aromatic N) is 1. The quantitative estimate of drug-likeness (QED) is 0.608. The van der Waals surface area contributed by atoms with Crippen LogP contribution in [0.4, 0.5) is 4.39 Å². The molecule has 0 unspecified atom stereocenters. The minimum Gasteiger partial charge on any atom is -0.389 e. The molecule has 0 atom stereocenters. The van der Waals surface area contributed by atoms with Crippen molar-refractivity contribution in [2.45, 2.75) is 32.7 Å². The number of hydrogen-bond acceptors (Lipinski definition) is 2. The van der Waals surface area contributed by atoms with E-state index >= 15 is 0 Å². The Morgan fingerprint density at radius 3 is 2.72 bits per heavy atom. The smallest absolute Gasteiger partial charge is 0.133 e. The molecule has 1 aromatic carbocycles. The molecule has 2 nitrogen and oxygen atoms in total. The summed E-state index contributed by atoms with van der Waals surface area (Å²) in [5.41, 5.74) is 6.87. The van der Waals surface area contributed by atoms with Crippen LogP contribution in [0, 0.1) is 5.82 Å². The Kier molecular flexibility index (Phi) is 6.22. The van der Waals surface area contributed by atoms with Gasteiger partial charge in [-0.1, -0.05) is 38.0 Å². The van der Waals surface area contributed by atoms with E-state index in [1.165, 1.54) is 25.3 Å². The van der Waals surface area contributed by atoms with Crippen molar-refractivity contribution in [1.29, 1.82) is 0 Å². The lowest BCUT2D eigenvalue weighted by Crippen LogP contribution is -2.20. The number of thiocarbonyl (C=S) groups is 1. The third-order valence-electron chi connectivity index (χ3n) is 2.89. The van der Waals surface area contributed by atoms with Crippen LogP contribution >= 0.6 is 12.2 Å².